The van der Waals surface area contributed by atoms with E-state index in [4.69, 9.17) is 5.73 Å². The van der Waals surface area contributed by atoms with Gasteiger partial charge in [-0.2, -0.15) is 0 Å². The predicted molar refractivity (Wildman–Crippen MR) is 115 cm³/mol. The molecule has 0 saturated carbocycles. The molecule has 2 aromatic rings. The van der Waals surface area contributed by atoms with E-state index in [0.717, 1.165) is 18.4 Å². The molecule has 1 atom stereocenters. The molecule has 2 aromatic carbocycles. The second kappa shape index (κ2) is 8.89. The van der Waals surface area contributed by atoms with E-state index in [9.17, 15) is 0 Å². The fraction of sp³-hybridized carbons (Fsp3) is 0.360. The fourth-order valence-electron chi connectivity index (χ4n) is 3.76. The summed E-state index contributed by atoms with van der Waals surface area (Å²) in [7, 11) is 0. The van der Waals surface area contributed by atoms with E-state index in [1.165, 1.54) is 35.1 Å². The zero-order valence-electron chi connectivity index (χ0n) is 16.8. The van der Waals surface area contributed by atoms with Gasteiger partial charge in [0, 0.05) is 5.70 Å². The lowest BCUT2D eigenvalue weighted by molar-refractivity contribution is 0.371. The van der Waals surface area contributed by atoms with Gasteiger partial charge in [0.05, 0.1) is 0 Å². The molecule has 1 nitrogen and oxygen atoms in total. The van der Waals surface area contributed by atoms with Crippen LogP contribution in [0.3, 0.4) is 0 Å². The van der Waals surface area contributed by atoms with Crippen molar-refractivity contribution in [1.29, 1.82) is 0 Å². The highest BCUT2D eigenvalue weighted by Gasteiger charge is 2.30. The predicted octanol–water partition coefficient (Wildman–Crippen LogP) is 6.56. The normalized spacial score (nSPS) is 14.1. The fourth-order valence-corrected chi connectivity index (χ4v) is 3.76. The first-order valence-corrected chi connectivity index (χ1v) is 9.70. The van der Waals surface area contributed by atoms with Gasteiger partial charge in [-0.25, -0.2) is 0 Å². The number of allylic oxidation sites excluding steroid dienone is 1. The van der Waals surface area contributed by atoms with Gasteiger partial charge in [-0.1, -0.05) is 75.4 Å². The van der Waals surface area contributed by atoms with Crippen LogP contribution in [0.25, 0.3) is 6.08 Å². The van der Waals surface area contributed by atoms with Crippen LogP contribution < -0.4 is 5.73 Å². The maximum atomic E-state index is 5.87. The van der Waals surface area contributed by atoms with Gasteiger partial charge in [0.1, 0.15) is 0 Å². The van der Waals surface area contributed by atoms with Crippen LogP contribution in [-0.2, 0) is 11.8 Å². The standard InChI is InChI=1S/C25H33N/c1-6-15-25(7-2,18-22-11-9-8-10-12-22)24-14-13-19(3)23(17-24)16-20(4)21(5)26/h8-14,16-17H,5-7,15,18,26H2,1-4H3/b20-16+. The highest BCUT2D eigenvalue weighted by molar-refractivity contribution is 5.61. The number of aryl methyl sites for hydroxylation is 1. The van der Waals surface area contributed by atoms with Crippen molar-refractivity contribution >= 4 is 6.08 Å². The summed E-state index contributed by atoms with van der Waals surface area (Å²) in [5.74, 6) is 0. The summed E-state index contributed by atoms with van der Waals surface area (Å²) in [5.41, 5.74) is 13.1. The van der Waals surface area contributed by atoms with Crippen LogP contribution >= 0.6 is 0 Å². The first-order chi connectivity index (χ1) is 12.4. The average Bonchev–Trinajstić information content (AvgIpc) is 2.63. The van der Waals surface area contributed by atoms with Gasteiger partial charge in [0.15, 0.2) is 0 Å². The van der Waals surface area contributed by atoms with Crippen LogP contribution in [0.4, 0.5) is 0 Å². The third-order valence-corrected chi connectivity index (χ3v) is 5.56. The molecular weight excluding hydrogens is 314 g/mol. The van der Waals surface area contributed by atoms with Gasteiger partial charge < -0.3 is 5.73 Å². The first-order valence-electron chi connectivity index (χ1n) is 9.70. The number of hydrogen-bond donors (Lipinski definition) is 1. The Labute approximate surface area is 159 Å². The van der Waals surface area contributed by atoms with Gasteiger partial charge in [-0.05, 0) is 72.4 Å². The van der Waals surface area contributed by atoms with Gasteiger partial charge >= 0.3 is 0 Å². The SMILES string of the molecule is C=C(N)/C(C)=C/c1cc(C(CC)(CCC)Cc2ccccc2)ccc1C. The van der Waals surface area contributed by atoms with E-state index in [-0.39, 0.29) is 5.41 Å². The Morgan fingerprint density at radius 3 is 2.38 bits per heavy atom. The Morgan fingerprint density at radius 1 is 1.12 bits per heavy atom. The summed E-state index contributed by atoms with van der Waals surface area (Å²) < 4.78 is 0. The highest BCUT2D eigenvalue weighted by Crippen LogP contribution is 2.38. The molecule has 138 valence electrons. The quantitative estimate of drug-likeness (QED) is 0.537. The van der Waals surface area contributed by atoms with Crippen LogP contribution in [0, 0.1) is 6.92 Å². The number of hydrogen-bond acceptors (Lipinski definition) is 1. The molecule has 1 unspecified atom stereocenters. The minimum absolute atomic E-state index is 0.167. The Bertz CT molecular complexity index is 770. The molecule has 0 aromatic heterocycles. The van der Waals surface area contributed by atoms with Gasteiger partial charge in [0.25, 0.3) is 0 Å². The number of rotatable bonds is 8. The lowest BCUT2D eigenvalue weighted by Crippen LogP contribution is -2.28. The van der Waals surface area contributed by atoms with E-state index in [2.05, 4.69) is 82.0 Å². The summed E-state index contributed by atoms with van der Waals surface area (Å²) in [5, 5.41) is 0. The summed E-state index contributed by atoms with van der Waals surface area (Å²) in [6.45, 7) is 12.7. The number of nitrogens with two attached hydrogens (primary N) is 1. The zero-order chi connectivity index (χ0) is 19.2. The zero-order valence-corrected chi connectivity index (χ0v) is 16.8. The maximum Gasteiger partial charge on any atom is 0.0270 e. The first kappa shape index (κ1) is 20.0. The largest absolute Gasteiger partial charge is 0.399 e. The molecule has 2 N–H and O–H groups in total. The number of benzene rings is 2. The molecule has 0 radical (unpaired) electrons. The van der Waals surface area contributed by atoms with Crippen LogP contribution in [0.1, 0.15) is 62.3 Å². The van der Waals surface area contributed by atoms with Crippen molar-refractivity contribution < 1.29 is 0 Å². The van der Waals surface area contributed by atoms with Gasteiger partial charge in [-0.15, -0.1) is 0 Å². The highest BCUT2D eigenvalue weighted by atomic mass is 14.6. The lowest BCUT2D eigenvalue weighted by Gasteiger charge is -2.34. The minimum Gasteiger partial charge on any atom is -0.399 e. The van der Waals surface area contributed by atoms with Crippen molar-refractivity contribution in [3.63, 3.8) is 0 Å². The molecule has 0 bridgehead atoms. The lowest BCUT2D eigenvalue weighted by atomic mass is 9.70. The topological polar surface area (TPSA) is 26.0 Å². The second-order valence-corrected chi connectivity index (χ2v) is 7.47. The van der Waals surface area contributed by atoms with Crippen molar-refractivity contribution in [2.45, 2.75) is 58.8 Å². The van der Waals surface area contributed by atoms with Crippen molar-refractivity contribution in [3.8, 4) is 0 Å². The van der Waals surface area contributed by atoms with E-state index in [1.54, 1.807) is 0 Å². The van der Waals surface area contributed by atoms with Crippen LogP contribution in [0.2, 0.25) is 0 Å². The van der Waals surface area contributed by atoms with Crippen molar-refractivity contribution in [1.82, 2.24) is 0 Å². The van der Waals surface area contributed by atoms with Crippen molar-refractivity contribution in [3.05, 3.63) is 88.6 Å². The molecule has 0 aliphatic carbocycles. The molecule has 0 spiro atoms. The van der Waals surface area contributed by atoms with Gasteiger partial charge in [-0.3, -0.25) is 0 Å². The molecule has 0 aliphatic rings. The Balaban J connectivity index is 2.51. The molecular formula is C25H33N. The Morgan fingerprint density at radius 2 is 1.81 bits per heavy atom. The van der Waals surface area contributed by atoms with Crippen LogP contribution in [0.15, 0.2) is 66.4 Å². The molecule has 0 aliphatic heterocycles. The summed E-state index contributed by atoms with van der Waals surface area (Å²) in [4.78, 5) is 0. The molecule has 2 rings (SSSR count). The van der Waals surface area contributed by atoms with Crippen LogP contribution in [-0.4, -0.2) is 0 Å². The van der Waals surface area contributed by atoms with E-state index in [1.807, 2.05) is 6.92 Å². The monoisotopic (exact) mass is 347 g/mol. The summed E-state index contributed by atoms with van der Waals surface area (Å²) in [6, 6.07) is 17.8. The smallest absolute Gasteiger partial charge is 0.0270 e. The maximum absolute atomic E-state index is 5.87. The molecule has 1 heteroatoms. The van der Waals surface area contributed by atoms with E-state index >= 15 is 0 Å². The Kier molecular flexibility index (Phi) is 6.85. The molecule has 0 saturated heterocycles. The van der Waals surface area contributed by atoms with Crippen molar-refractivity contribution in [2.75, 3.05) is 0 Å². The molecule has 0 fully saturated rings. The second-order valence-electron chi connectivity index (χ2n) is 7.47. The third kappa shape index (κ3) is 4.66. The Hall–Kier alpha value is -2.28. The molecule has 0 amide bonds. The van der Waals surface area contributed by atoms with Gasteiger partial charge in [0.2, 0.25) is 0 Å². The average molecular weight is 348 g/mol. The van der Waals surface area contributed by atoms with E-state index < -0.39 is 0 Å². The van der Waals surface area contributed by atoms with E-state index in [0.29, 0.717) is 5.70 Å². The third-order valence-electron chi connectivity index (χ3n) is 5.56. The molecule has 0 heterocycles. The minimum atomic E-state index is 0.167. The summed E-state index contributed by atoms with van der Waals surface area (Å²) >= 11 is 0. The molecule has 26 heavy (non-hydrogen) atoms. The van der Waals surface area contributed by atoms with Crippen LogP contribution in [0.5, 0.6) is 0 Å². The summed E-state index contributed by atoms with van der Waals surface area (Å²) in [6.07, 6.45) is 6.74. The van der Waals surface area contributed by atoms with Crippen molar-refractivity contribution in [2.24, 2.45) is 5.73 Å².